The van der Waals surface area contributed by atoms with Crippen molar-refractivity contribution in [3.8, 4) is 0 Å². The van der Waals surface area contributed by atoms with Crippen LogP contribution in [0.3, 0.4) is 0 Å². The molecule has 2 aliphatic heterocycles. The summed E-state index contributed by atoms with van der Waals surface area (Å²) >= 11 is 0. The molecule has 2 amide bonds. The minimum Gasteiger partial charge on any atom is -0.381 e. The highest BCUT2D eigenvalue weighted by Gasteiger charge is 2.31. The van der Waals surface area contributed by atoms with Gasteiger partial charge in [-0.3, -0.25) is 24.0 Å². The number of para-hydroxylation sites is 1. The van der Waals surface area contributed by atoms with E-state index in [9.17, 15) is 14.4 Å². The Kier molecular flexibility index (Phi) is 6.34. The normalized spacial score (nSPS) is 20.6. The SMILES string of the molecule is Cn1c(=O)n(C2CCC(=O)NC2=O)c2cccc(CCCOCC3CCNCC3)c21. The molecular weight excluding hydrogens is 384 g/mol. The number of aromatic nitrogens is 2. The fourth-order valence-corrected chi connectivity index (χ4v) is 4.61. The average Bonchev–Trinajstić information content (AvgIpc) is 3.00. The number of imide groups is 1. The number of hydrogen-bond acceptors (Lipinski definition) is 5. The fraction of sp³-hybridized carbons (Fsp3) is 0.591. The van der Waals surface area contributed by atoms with Gasteiger partial charge < -0.3 is 10.1 Å². The molecular formula is C22H30N4O4. The molecule has 0 radical (unpaired) electrons. The van der Waals surface area contributed by atoms with Gasteiger partial charge in [-0.15, -0.1) is 0 Å². The van der Waals surface area contributed by atoms with E-state index in [2.05, 4.69) is 10.6 Å². The van der Waals surface area contributed by atoms with Gasteiger partial charge in [-0.2, -0.15) is 0 Å². The van der Waals surface area contributed by atoms with E-state index in [1.54, 1.807) is 11.6 Å². The first-order valence-electron chi connectivity index (χ1n) is 10.9. The van der Waals surface area contributed by atoms with Crippen LogP contribution in [-0.4, -0.2) is 47.3 Å². The number of nitrogens with one attached hydrogen (secondary N) is 2. The molecule has 8 heteroatoms. The van der Waals surface area contributed by atoms with Crippen LogP contribution < -0.4 is 16.3 Å². The predicted octanol–water partition coefficient (Wildman–Crippen LogP) is 1.27. The van der Waals surface area contributed by atoms with Gasteiger partial charge in [-0.1, -0.05) is 12.1 Å². The van der Waals surface area contributed by atoms with E-state index in [-0.39, 0.29) is 18.0 Å². The number of amides is 2. The molecule has 3 heterocycles. The van der Waals surface area contributed by atoms with Gasteiger partial charge in [-0.25, -0.2) is 4.79 Å². The summed E-state index contributed by atoms with van der Waals surface area (Å²) in [6.45, 7) is 3.67. The summed E-state index contributed by atoms with van der Waals surface area (Å²) in [6, 6.07) is 5.18. The van der Waals surface area contributed by atoms with Crippen molar-refractivity contribution in [2.24, 2.45) is 13.0 Å². The lowest BCUT2D eigenvalue weighted by atomic mass is 9.99. The van der Waals surface area contributed by atoms with Crippen LogP contribution in [0.5, 0.6) is 0 Å². The first-order valence-corrected chi connectivity index (χ1v) is 10.9. The average molecular weight is 415 g/mol. The van der Waals surface area contributed by atoms with Crippen molar-refractivity contribution in [3.05, 3.63) is 34.2 Å². The molecule has 2 saturated heterocycles. The molecule has 0 aliphatic carbocycles. The lowest BCUT2D eigenvalue weighted by Gasteiger charge is -2.22. The molecule has 30 heavy (non-hydrogen) atoms. The molecule has 2 aromatic rings. The second kappa shape index (κ2) is 9.14. The summed E-state index contributed by atoms with van der Waals surface area (Å²) < 4.78 is 9.05. The Bertz CT molecular complexity index is 987. The maximum absolute atomic E-state index is 12.9. The summed E-state index contributed by atoms with van der Waals surface area (Å²) in [4.78, 5) is 36.8. The van der Waals surface area contributed by atoms with E-state index in [1.165, 1.54) is 17.4 Å². The van der Waals surface area contributed by atoms with E-state index in [1.807, 2.05) is 18.2 Å². The zero-order chi connectivity index (χ0) is 21.1. The standard InChI is InChI=1S/C22H30N4O4/c1-25-20-16(5-3-13-30-14-15-9-11-23-12-10-15)4-2-6-17(20)26(22(25)29)18-7-8-19(27)24-21(18)28/h2,4,6,15,18,23H,3,5,7-14H2,1H3,(H,24,27,28). The number of nitrogens with zero attached hydrogens (tertiary/aromatic N) is 2. The van der Waals surface area contributed by atoms with Crippen LogP contribution in [0.2, 0.25) is 0 Å². The van der Waals surface area contributed by atoms with E-state index in [0.29, 0.717) is 18.9 Å². The molecule has 0 saturated carbocycles. The van der Waals surface area contributed by atoms with Crippen LogP contribution in [0.4, 0.5) is 0 Å². The number of benzene rings is 1. The summed E-state index contributed by atoms with van der Waals surface area (Å²) in [5.74, 6) is -0.0367. The Labute approximate surface area is 175 Å². The minimum absolute atomic E-state index is 0.228. The summed E-state index contributed by atoms with van der Waals surface area (Å²) in [7, 11) is 1.74. The first kappa shape index (κ1) is 20.8. The molecule has 2 fully saturated rings. The number of piperidine rings is 2. The zero-order valence-electron chi connectivity index (χ0n) is 17.5. The number of fused-ring (bicyclic) bond motifs is 1. The van der Waals surface area contributed by atoms with Crippen LogP contribution in [0.15, 0.2) is 23.0 Å². The maximum Gasteiger partial charge on any atom is 0.329 e. The number of aryl methyl sites for hydroxylation is 2. The molecule has 1 aromatic carbocycles. The highest BCUT2D eigenvalue weighted by molar-refractivity contribution is 6.00. The van der Waals surface area contributed by atoms with E-state index in [4.69, 9.17) is 4.74 Å². The molecule has 1 unspecified atom stereocenters. The number of carbonyl (C=O) groups is 2. The molecule has 2 N–H and O–H groups in total. The van der Waals surface area contributed by atoms with Gasteiger partial charge in [-0.05, 0) is 62.7 Å². The topological polar surface area (TPSA) is 94.4 Å². The molecule has 0 spiro atoms. The lowest BCUT2D eigenvalue weighted by molar-refractivity contribution is -0.135. The van der Waals surface area contributed by atoms with Crippen LogP contribution >= 0.6 is 0 Å². The summed E-state index contributed by atoms with van der Waals surface area (Å²) in [5, 5.41) is 5.72. The predicted molar refractivity (Wildman–Crippen MR) is 113 cm³/mol. The Balaban J connectivity index is 1.46. The number of ether oxygens (including phenoxy) is 1. The number of carbonyl (C=O) groups excluding carboxylic acids is 2. The van der Waals surface area contributed by atoms with Gasteiger partial charge in [0.1, 0.15) is 6.04 Å². The van der Waals surface area contributed by atoms with Crippen molar-refractivity contribution in [1.29, 1.82) is 0 Å². The molecule has 0 bridgehead atoms. The zero-order valence-corrected chi connectivity index (χ0v) is 17.5. The van der Waals surface area contributed by atoms with Crippen molar-refractivity contribution < 1.29 is 14.3 Å². The van der Waals surface area contributed by atoms with Crippen LogP contribution in [0, 0.1) is 5.92 Å². The van der Waals surface area contributed by atoms with Crippen molar-refractivity contribution in [1.82, 2.24) is 19.8 Å². The fourth-order valence-electron chi connectivity index (χ4n) is 4.61. The van der Waals surface area contributed by atoms with Crippen LogP contribution in [-0.2, 0) is 27.8 Å². The van der Waals surface area contributed by atoms with E-state index in [0.717, 1.165) is 49.1 Å². The highest BCUT2D eigenvalue weighted by atomic mass is 16.5. The molecule has 1 aromatic heterocycles. The third-order valence-corrected chi connectivity index (χ3v) is 6.26. The number of imidazole rings is 1. The summed E-state index contributed by atoms with van der Waals surface area (Å²) in [5.41, 5.74) is 2.44. The molecule has 162 valence electrons. The lowest BCUT2D eigenvalue weighted by Crippen LogP contribution is -2.44. The smallest absolute Gasteiger partial charge is 0.329 e. The van der Waals surface area contributed by atoms with Crippen LogP contribution in [0.1, 0.15) is 43.7 Å². The van der Waals surface area contributed by atoms with Crippen molar-refractivity contribution in [2.75, 3.05) is 26.3 Å². The largest absolute Gasteiger partial charge is 0.381 e. The maximum atomic E-state index is 12.9. The van der Waals surface area contributed by atoms with Gasteiger partial charge >= 0.3 is 5.69 Å². The van der Waals surface area contributed by atoms with Gasteiger partial charge in [0.2, 0.25) is 11.8 Å². The monoisotopic (exact) mass is 414 g/mol. The molecule has 1 atom stereocenters. The Morgan fingerprint density at radius 1 is 1.13 bits per heavy atom. The van der Waals surface area contributed by atoms with E-state index < -0.39 is 11.9 Å². The van der Waals surface area contributed by atoms with Crippen molar-refractivity contribution >= 4 is 22.8 Å². The summed E-state index contributed by atoms with van der Waals surface area (Å²) in [6.07, 6.45) is 4.62. The molecule has 8 nitrogen and oxygen atoms in total. The third kappa shape index (κ3) is 4.20. The van der Waals surface area contributed by atoms with Gasteiger partial charge in [0.05, 0.1) is 11.0 Å². The highest BCUT2D eigenvalue weighted by Crippen LogP contribution is 2.25. The Morgan fingerprint density at radius 2 is 1.93 bits per heavy atom. The molecule has 4 rings (SSSR count). The van der Waals surface area contributed by atoms with Gasteiger partial charge in [0, 0.05) is 26.7 Å². The van der Waals surface area contributed by atoms with Gasteiger partial charge in [0.15, 0.2) is 0 Å². The van der Waals surface area contributed by atoms with E-state index >= 15 is 0 Å². The number of hydrogen-bond donors (Lipinski definition) is 2. The second-order valence-corrected chi connectivity index (χ2v) is 8.34. The number of rotatable bonds is 7. The minimum atomic E-state index is -0.650. The third-order valence-electron chi connectivity index (χ3n) is 6.26. The van der Waals surface area contributed by atoms with Crippen molar-refractivity contribution in [2.45, 2.75) is 44.6 Å². The second-order valence-electron chi connectivity index (χ2n) is 8.34. The first-order chi connectivity index (χ1) is 14.6. The van der Waals surface area contributed by atoms with Gasteiger partial charge in [0.25, 0.3) is 0 Å². The van der Waals surface area contributed by atoms with Crippen LogP contribution in [0.25, 0.3) is 11.0 Å². The molecule has 2 aliphatic rings. The quantitative estimate of drug-likeness (QED) is 0.526. The Hall–Kier alpha value is -2.45. The Morgan fingerprint density at radius 3 is 2.70 bits per heavy atom. The van der Waals surface area contributed by atoms with Crippen molar-refractivity contribution in [3.63, 3.8) is 0 Å².